The summed E-state index contributed by atoms with van der Waals surface area (Å²) in [5.74, 6) is 0.310. The van der Waals surface area contributed by atoms with Crippen LogP contribution in [-0.4, -0.2) is 34.9 Å². The number of aromatic nitrogens is 2. The van der Waals surface area contributed by atoms with E-state index in [2.05, 4.69) is 4.98 Å². The van der Waals surface area contributed by atoms with Gasteiger partial charge in [0.2, 0.25) is 0 Å². The molecular formula is C24H23N3O4. The molecule has 0 N–H and O–H groups in total. The molecule has 7 nitrogen and oxygen atoms in total. The molecule has 1 aliphatic rings. The second-order valence-electron chi connectivity index (χ2n) is 7.22. The maximum Gasteiger partial charge on any atom is 0.308 e. The van der Waals surface area contributed by atoms with Crippen molar-refractivity contribution in [3.05, 3.63) is 82.0 Å². The van der Waals surface area contributed by atoms with E-state index in [1.807, 2.05) is 36.4 Å². The normalized spacial score (nSPS) is 14.7. The van der Waals surface area contributed by atoms with Crippen LogP contribution >= 0.6 is 0 Å². The van der Waals surface area contributed by atoms with Gasteiger partial charge in [-0.3, -0.25) is 19.6 Å². The van der Waals surface area contributed by atoms with E-state index in [0.29, 0.717) is 22.7 Å². The zero-order valence-electron chi connectivity index (χ0n) is 17.7. The van der Waals surface area contributed by atoms with Gasteiger partial charge in [-0.15, -0.1) is 0 Å². The van der Waals surface area contributed by atoms with Crippen LogP contribution in [0.15, 0.2) is 64.6 Å². The number of esters is 1. The third-order valence-corrected chi connectivity index (χ3v) is 5.25. The zero-order valence-corrected chi connectivity index (χ0v) is 17.7. The summed E-state index contributed by atoms with van der Waals surface area (Å²) in [5.41, 5.74) is 4.38. The lowest BCUT2D eigenvalue weighted by Gasteiger charge is -2.16. The van der Waals surface area contributed by atoms with Gasteiger partial charge in [0.15, 0.2) is 0 Å². The lowest BCUT2D eigenvalue weighted by atomic mass is 9.92. The van der Waals surface area contributed by atoms with E-state index in [0.717, 1.165) is 16.7 Å². The topological polar surface area (TPSA) is 82.8 Å². The Hall–Kier alpha value is -3.74. The maximum absolute atomic E-state index is 12.5. The Kier molecular flexibility index (Phi) is 5.66. The highest BCUT2D eigenvalue weighted by atomic mass is 16.5. The molecule has 0 fully saturated rings. The van der Waals surface area contributed by atoms with Crippen molar-refractivity contribution >= 4 is 11.7 Å². The zero-order chi connectivity index (χ0) is 22.0. The first-order chi connectivity index (χ1) is 15.0. The second-order valence-corrected chi connectivity index (χ2v) is 7.22. The first-order valence-corrected chi connectivity index (χ1v) is 10.1. The summed E-state index contributed by atoms with van der Waals surface area (Å²) in [6, 6.07) is 12.3. The molecule has 1 aliphatic heterocycles. The monoisotopic (exact) mass is 417 g/mol. The van der Waals surface area contributed by atoms with Gasteiger partial charge >= 0.3 is 5.97 Å². The summed E-state index contributed by atoms with van der Waals surface area (Å²) in [7, 11) is 3.31. The minimum Gasteiger partial charge on any atom is -0.497 e. The molecule has 3 heterocycles. The summed E-state index contributed by atoms with van der Waals surface area (Å²) in [6.07, 6.45) is 3.51. The number of carbonyl (C=O) groups excluding carboxylic acids is 1. The summed E-state index contributed by atoms with van der Waals surface area (Å²) >= 11 is 0. The first-order valence-electron chi connectivity index (χ1n) is 10.1. The molecule has 4 rings (SSSR count). The maximum atomic E-state index is 12.5. The van der Waals surface area contributed by atoms with Gasteiger partial charge in [0.1, 0.15) is 5.75 Å². The third-order valence-electron chi connectivity index (χ3n) is 5.25. The molecule has 0 spiro atoms. The number of ether oxygens (including phenoxy) is 2. The Morgan fingerprint density at radius 3 is 2.68 bits per heavy atom. The average Bonchev–Trinajstić information content (AvgIpc) is 2.90. The van der Waals surface area contributed by atoms with Crippen LogP contribution < -0.4 is 10.3 Å². The van der Waals surface area contributed by atoms with Crippen LogP contribution in [0.2, 0.25) is 0 Å². The van der Waals surface area contributed by atoms with Gasteiger partial charge in [0.05, 0.1) is 37.6 Å². The number of carbonyl (C=O) groups is 1. The fraction of sp³-hybridized carbons (Fsp3) is 0.250. The van der Waals surface area contributed by atoms with E-state index < -0.39 is 6.04 Å². The Balaban J connectivity index is 2.02. The number of rotatable bonds is 5. The number of fused-ring (bicyclic) bond motifs is 3. The molecule has 0 bridgehead atoms. The molecule has 31 heavy (non-hydrogen) atoms. The SMILES string of the molecule is CCOC(=O)CC1N=C(c2ccccn2)c2cc(OC)ccc2-c2cn(C)c(=O)cc21. The predicted octanol–water partition coefficient (Wildman–Crippen LogP) is 3.30. The van der Waals surface area contributed by atoms with Gasteiger partial charge in [0, 0.05) is 36.6 Å². The van der Waals surface area contributed by atoms with Gasteiger partial charge in [-0.1, -0.05) is 6.07 Å². The molecule has 158 valence electrons. The second kappa shape index (κ2) is 8.55. The van der Waals surface area contributed by atoms with Crippen LogP contribution in [0.4, 0.5) is 0 Å². The van der Waals surface area contributed by atoms with Crippen molar-refractivity contribution in [1.82, 2.24) is 9.55 Å². The van der Waals surface area contributed by atoms with Crippen LogP contribution in [-0.2, 0) is 16.6 Å². The smallest absolute Gasteiger partial charge is 0.308 e. The summed E-state index contributed by atoms with van der Waals surface area (Å²) < 4.78 is 12.2. The molecule has 2 aromatic heterocycles. The fourth-order valence-electron chi connectivity index (χ4n) is 3.76. The molecule has 7 heteroatoms. The van der Waals surface area contributed by atoms with Gasteiger partial charge in [-0.2, -0.15) is 0 Å². The number of hydrogen-bond donors (Lipinski definition) is 0. The van der Waals surface area contributed by atoms with Crippen molar-refractivity contribution in [2.75, 3.05) is 13.7 Å². The number of hydrogen-bond acceptors (Lipinski definition) is 6. The number of benzene rings is 1. The highest BCUT2D eigenvalue weighted by Gasteiger charge is 2.28. The summed E-state index contributed by atoms with van der Waals surface area (Å²) in [4.78, 5) is 34.3. The van der Waals surface area contributed by atoms with Crippen LogP contribution in [0.3, 0.4) is 0 Å². The number of methoxy groups -OCH3 is 1. The summed E-state index contributed by atoms with van der Waals surface area (Å²) in [6.45, 7) is 2.04. The largest absolute Gasteiger partial charge is 0.497 e. The van der Waals surface area contributed by atoms with E-state index in [4.69, 9.17) is 14.5 Å². The molecule has 1 unspecified atom stereocenters. The molecule has 0 saturated carbocycles. The van der Waals surface area contributed by atoms with E-state index in [1.54, 1.807) is 39.5 Å². The molecular weight excluding hydrogens is 394 g/mol. The van der Waals surface area contributed by atoms with Crippen LogP contribution in [0.5, 0.6) is 5.75 Å². The number of aliphatic imine (C=N–C) groups is 1. The number of nitrogens with zero attached hydrogens (tertiary/aromatic N) is 3. The van der Waals surface area contributed by atoms with Gasteiger partial charge in [-0.05, 0) is 48.4 Å². The molecule has 0 aliphatic carbocycles. The lowest BCUT2D eigenvalue weighted by molar-refractivity contribution is -0.143. The standard InChI is InChI=1S/C24H23N3O4/c1-4-31-23(29)13-21-17-12-22(28)27(2)14-19(17)16-9-8-15(30-3)11-18(16)24(26-21)20-7-5-6-10-25-20/h5-12,14,21H,4,13H2,1-3H3. The highest BCUT2D eigenvalue weighted by molar-refractivity contribution is 6.16. The highest BCUT2D eigenvalue weighted by Crippen LogP contribution is 2.39. The minimum atomic E-state index is -0.585. The van der Waals surface area contributed by atoms with Crippen molar-refractivity contribution in [3.63, 3.8) is 0 Å². The van der Waals surface area contributed by atoms with E-state index in [-0.39, 0.29) is 24.6 Å². The van der Waals surface area contributed by atoms with Crippen molar-refractivity contribution < 1.29 is 14.3 Å². The minimum absolute atomic E-state index is 0.0233. The first kappa shape index (κ1) is 20.5. The molecule has 0 radical (unpaired) electrons. The van der Waals surface area contributed by atoms with E-state index in [1.165, 1.54) is 4.57 Å². The molecule has 1 atom stereocenters. The van der Waals surface area contributed by atoms with Gasteiger partial charge in [0.25, 0.3) is 5.56 Å². The molecule has 1 aromatic carbocycles. The van der Waals surface area contributed by atoms with E-state index >= 15 is 0 Å². The van der Waals surface area contributed by atoms with Gasteiger partial charge in [-0.25, -0.2) is 0 Å². The Morgan fingerprint density at radius 2 is 1.97 bits per heavy atom. The number of pyridine rings is 2. The van der Waals surface area contributed by atoms with Crippen LogP contribution in [0.1, 0.15) is 36.2 Å². The Bertz CT molecular complexity index is 1220. The predicted molar refractivity (Wildman–Crippen MR) is 118 cm³/mol. The Labute approximate surface area is 180 Å². The third kappa shape index (κ3) is 3.99. The van der Waals surface area contributed by atoms with Crippen molar-refractivity contribution in [3.8, 4) is 16.9 Å². The van der Waals surface area contributed by atoms with Crippen LogP contribution in [0, 0.1) is 0 Å². The van der Waals surface area contributed by atoms with Crippen LogP contribution in [0.25, 0.3) is 11.1 Å². The molecule has 0 amide bonds. The fourth-order valence-corrected chi connectivity index (χ4v) is 3.76. The quantitative estimate of drug-likeness (QED) is 0.595. The van der Waals surface area contributed by atoms with Crippen molar-refractivity contribution in [2.24, 2.45) is 12.0 Å². The summed E-state index contributed by atoms with van der Waals surface area (Å²) in [5, 5.41) is 0. The molecule has 3 aromatic rings. The van der Waals surface area contributed by atoms with Gasteiger partial charge < -0.3 is 14.0 Å². The average molecular weight is 417 g/mol. The van der Waals surface area contributed by atoms with Crippen molar-refractivity contribution in [2.45, 2.75) is 19.4 Å². The number of aryl methyl sites for hydroxylation is 1. The van der Waals surface area contributed by atoms with E-state index in [9.17, 15) is 9.59 Å². The Morgan fingerprint density at radius 1 is 1.13 bits per heavy atom. The molecule has 0 saturated heterocycles. The lowest BCUT2D eigenvalue weighted by Crippen LogP contribution is -2.18. The van der Waals surface area contributed by atoms with Crippen molar-refractivity contribution in [1.29, 1.82) is 0 Å².